The minimum atomic E-state index is -0.0241. The van der Waals surface area contributed by atoms with E-state index in [1.54, 1.807) is 0 Å². The normalized spacial score (nSPS) is 13.0. The van der Waals surface area contributed by atoms with Crippen LogP contribution in [0.3, 0.4) is 0 Å². The fourth-order valence-electron chi connectivity index (χ4n) is 2.06. The molecule has 0 radical (unpaired) electrons. The van der Waals surface area contributed by atoms with E-state index >= 15 is 0 Å². The van der Waals surface area contributed by atoms with Crippen molar-refractivity contribution in [3.8, 4) is 0 Å². The van der Waals surface area contributed by atoms with Crippen LogP contribution in [-0.4, -0.2) is 13.2 Å². The molecule has 3 N–H and O–H groups in total. The first-order chi connectivity index (χ1) is 9.26. The van der Waals surface area contributed by atoms with Crippen LogP contribution in [0, 0.1) is 0 Å². The van der Waals surface area contributed by atoms with Crippen molar-refractivity contribution in [2.75, 3.05) is 13.2 Å². The highest BCUT2D eigenvalue weighted by molar-refractivity contribution is 6.34. The van der Waals surface area contributed by atoms with Crippen molar-refractivity contribution in [3.05, 3.63) is 35.0 Å². The number of nitrogens with one attached hydrogen (secondary N) is 1. The molecule has 1 heterocycles. The van der Waals surface area contributed by atoms with Crippen LogP contribution in [0.4, 0.5) is 0 Å². The van der Waals surface area contributed by atoms with Gasteiger partial charge in [-0.05, 0) is 31.9 Å². The molecule has 0 aliphatic rings. The zero-order chi connectivity index (χ0) is 13.7. The summed E-state index contributed by atoms with van der Waals surface area (Å²) in [7, 11) is 0. The van der Waals surface area contributed by atoms with Gasteiger partial charge in [0, 0.05) is 18.6 Å². The van der Waals surface area contributed by atoms with Crippen LogP contribution in [-0.2, 0) is 4.74 Å². The fraction of sp³-hybridized carbons (Fsp3) is 0.429. The minimum Gasteiger partial charge on any atom is -0.458 e. The lowest BCUT2D eigenvalue weighted by atomic mass is 10.1. The van der Waals surface area contributed by atoms with E-state index in [0.29, 0.717) is 10.6 Å². The van der Waals surface area contributed by atoms with Gasteiger partial charge in [0.15, 0.2) is 5.58 Å². The molecule has 1 aromatic carbocycles. The topological polar surface area (TPSA) is 60.4 Å². The summed E-state index contributed by atoms with van der Waals surface area (Å²) in [6, 6.07) is 7.65. The van der Waals surface area contributed by atoms with E-state index in [-0.39, 0.29) is 6.04 Å². The van der Waals surface area contributed by atoms with Crippen molar-refractivity contribution in [2.24, 2.45) is 5.84 Å². The molecule has 2 aromatic rings. The number of para-hydroxylation sites is 1. The van der Waals surface area contributed by atoms with Crippen molar-refractivity contribution in [1.29, 1.82) is 0 Å². The quantitative estimate of drug-likeness (QED) is 0.464. The molecule has 0 amide bonds. The van der Waals surface area contributed by atoms with E-state index in [1.165, 1.54) is 0 Å². The van der Waals surface area contributed by atoms with Crippen LogP contribution >= 0.6 is 11.6 Å². The largest absolute Gasteiger partial charge is 0.458 e. The van der Waals surface area contributed by atoms with Crippen LogP contribution < -0.4 is 11.3 Å². The third-order valence-corrected chi connectivity index (χ3v) is 3.34. The Bertz CT molecular complexity index is 527. The Morgan fingerprint density at radius 2 is 2.32 bits per heavy atom. The molecular weight excluding hydrogens is 264 g/mol. The summed E-state index contributed by atoms with van der Waals surface area (Å²) in [6.45, 7) is 3.45. The molecule has 0 aliphatic heterocycles. The van der Waals surface area contributed by atoms with E-state index in [1.807, 2.05) is 31.2 Å². The predicted molar refractivity (Wildman–Crippen MR) is 77.0 cm³/mol. The number of hydrogen-bond acceptors (Lipinski definition) is 4. The van der Waals surface area contributed by atoms with Crippen LogP contribution in [0.2, 0.25) is 5.02 Å². The van der Waals surface area contributed by atoms with Crippen LogP contribution in [0.15, 0.2) is 28.7 Å². The fourth-order valence-corrected chi connectivity index (χ4v) is 2.28. The van der Waals surface area contributed by atoms with Crippen LogP contribution in [0.5, 0.6) is 0 Å². The predicted octanol–water partition coefficient (Wildman–Crippen LogP) is 3.41. The van der Waals surface area contributed by atoms with Gasteiger partial charge in [0.05, 0.1) is 11.1 Å². The SMILES string of the molecule is CCOCCCC(NN)c1cc2cccc(Cl)c2o1. The highest BCUT2D eigenvalue weighted by Gasteiger charge is 2.15. The second kappa shape index (κ2) is 6.91. The molecule has 0 saturated heterocycles. The summed E-state index contributed by atoms with van der Waals surface area (Å²) in [5.74, 6) is 6.40. The average Bonchev–Trinajstić information content (AvgIpc) is 2.84. The van der Waals surface area contributed by atoms with Gasteiger partial charge in [-0.25, -0.2) is 5.43 Å². The molecule has 5 heteroatoms. The number of furan rings is 1. The first-order valence-electron chi connectivity index (χ1n) is 6.48. The Hall–Kier alpha value is -1.07. The van der Waals surface area contributed by atoms with Gasteiger partial charge >= 0.3 is 0 Å². The Kier molecular flexibility index (Phi) is 5.22. The van der Waals surface area contributed by atoms with Crippen LogP contribution in [0.1, 0.15) is 31.6 Å². The summed E-state index contributed by atoms with van der Waals surface area (Å²) in [5, 5.41) is 1.61. The summed E-state index contributed by atoms with van der Waals surface area (Å²) in [6.07, 6.45) is 1.78. The van der Waals surface area contributed by atoms with Gasteiger partial charge in [0.2, 0.25) is 0 Å². The zero-order valence-electron chi connectivity index (χ0n) is 11.0. The van der Waals surface area contributed by atoms with E-state index in [4.69, 9.17) is 26.6 Å². The second-order valence-electron chi connectivity index (χ2n) is 4.37. The third-order valence-electron chi connectivity index (χ3n) is 3.05. The molecular formula is C14H19ClN2O2. The standard InChI is InChI=1S/C14H19ClN2O2/c1-2-18-8-4-7-12(17-16)13-9-10-5-3-6-11(15)14(10)19-13/h3,5-6,9,12,17H,2,4,7-8,16H2,1H3. The van der Waals surface area contributed by atoms with E-state index in [9.17, 15) is 0 Å². The molecule has 1 atom stereocenters. The van der Waals surface area contributed by atoms with E-state index in [2.05, 4.69) is 5.43 Å². The number of halogens is 1. The Morgan fingerprint density at radius 1 is 1.47 bits per heavy atom. The number of nitrogens with two attached hydrogens (primary N) is 1. The maximum Gasteiger partial charge on any atom is 0.152 e. The average molecular weight is 283 g/mol. The molecule has 0 bridgehead atoms. The highest BCUT2D eigenvalue weighted by atomic mass is 35.5. The molecule has 0 fully saturated rings. The summed E-state index contributed by atoms with van der Waals surface area (Å²) < 4.78 is 11.1. The number of fused-ring (bicyclic) bond motifs is 1. The Morgan fingerprint density at radius 3 is 3.00 bits per heavy atom. The minimum absolute atomic E-state index is 0.0241. The van der Waals surface area contributed by atoms with E-state index in [0.717, 1.165) is 37.2 Å². The third kappa shape index (κ3) is 3.48. The maximum absolute atomic E-state index is 6.10. The van der Waals surface area contributed by atoms with Gasteiger partial charge in [0.25, 0.3) is 0 Å². The summed E-state index contributed by atoms with van der Waals surface area (Å²) >= 11 is 6.10. The Labute approximate surface area is 117 Å². The molecule has 0 spiro atoms. The summed E-state index contributed by atoms with van der Waals surface area (Å²) in [4.78, 5) is 0. The van der Waals surface area contributed by atoms with E-state index < -0.39 is 0 Å². The van der Waals surface area contributed by atoms with Crippen LogP contribution in [0.25, 0.3) is 11.0 Å². The molecule has 1 aromatic heterocycles. The zero-order valence-corrected chi connectivity index (χ0v) is 11.7. The number of ether oxygens (including phenoxy) is 1. The molecule has 4 nitrogen and oxygen atoms in total. The van der Waals surface area contributed by atoms with Crippen molar-refractivity contribution >= 4 is 22.6 Å². The number of rotatable bonds is 7. The number of benzene rings is 1. The lowest BCUT2D eigenvalue weighted by Gasteiger charge is -2.12. The van der Waals surface area contributed by atoms with Gasteiger partial charge < -0.3 is 9.15 Å². The molecule has 104 valence electrons. The second-order valence-corrected chi connectivity index (χ2v) is 4.77. The van der Waals surface area contributed by atoms with Gasteiger partial charge in [0.1, 0.15) is 5.76 Å². The van der Waals surface area contributed by atoms with Crippen molar-refractivity contribution in [3.63, 3.8) is 0 Å². The first-order valence-corrected chi connectivity index (χ1v) is 6.86. The molecule has 0 aliphatic carbocycles. The highest BCUT2D eigenvalue weighted by Crippen LogP contribution is 2.30. The summed E-state index contributed by atoms with van der Waals surface area (Å²) in [5.41, 5.74) is 3.50. The van der Waals surface area contributed by atoms with Gasteiger partial charge in [-0.15, -0.1) is 0 Å². The number of hydrazine groups is 1. The smallest absolute Gasteiger partial charge is 0.152 e. The van der Waals surface area contributed by atoms with Crippen molar-refractivity contribution < 1.29 is 9.15 Å². The van der Waals surface area contributed by atoms with Gasteiger partial charge in [-0.3, -0.25) is 5.84 Å². The monoisotopic (exact) mass is 282 g/mol. The first kappa shape index (κ1) is 14.3. The lowest BCUT2D eigenvalue weighted by molar-refractivity contribution is 0.140. The van der Waals surface area contributed by atoms with Crippen molar-refractivity contribution in [2.45, 2.75) is 25.8 Å². The molecule has 1 unspecified atom stereocenters. The van der Waals surface area contributed by atoms with Crippen molar-refractivity contribution in [1.82, 2.24) is 5.43 Å². The van der Waals surface area contributed by atoms with Gasteiger partial charge in [-0.1, -0.05) is 23.7 Å². The number of hydrogen-bond donors (Lipinski definition) is 2. The Balaban J connectivity index is 2.10. The molecule has 2 rings (SSSR count). The lowest BCUT2D eigenvalue weighted by Crippen LogP contribution is -2.27. The maximum atomic E-state index is 6.10. The van der Waals surface area contributed by atoms with Gasteiger partial charge in [-0.2, -0.15) is 0 Å². The molecule has 0 saturated carbocycles. The molecule has 19 heavy (non-hydrogen) atoms.